The zero-order chi connectivity index (χ0) is 14.1. The van der Waals surface area contributed by atoms with Gasteiger partial charge in [-0.15, -0.1) is 0 Å². The second kappa shape index (κ2) is 4.88. The molecule has 3 rings (SSSR count). The Morgan fingerprint density at radius 3 is 3.10 bits per heavy atom. The van der Waals surface area contributed by atoms with Crippen LogP contribution in [0.1, 0.15) is 11.3 Å². The third-order valence-electron chi connectivity index (χ3n) is 3.17. The molecule has 6 nitrogen and oxygen atoms in total. The average Bonchev–Trinajstić information content (AvgIpc) is 2.74. The Labute approximate surface area is 116 Å². The number of nitrogens with one attached hydrogen (secondary N) is 2. The third-order valence-corrected chi connectivity index (χ3v) is 3.17. The molecule has 1 aromatic carbocycles. The number of carbonyl (C=O) groups is 1. The quantitative estimate of drug-likeness (QED) is 0.892. The van der Waals surface area contributed by atoms with E-state index in [2.05, 4.69) is 15.7 Å². The molecular weight excluding hydrogens is 256 g/mol. The van der Waals surface area contributed by atoms with Crippen molar-refractivity contribution in [2.24, 2.45) is 7.05 Å². The van der Waals surface area contributed by atoms with Gasteiger partial charge in [0.15, 0.2) is 6.61 Å². The van der Waals surface area contributed by atoms with E-state index in [-0.39, 0.29) is 12.5 Å². The minimum atomic E-state index is -0.120. The highest BCUT2D eigenvalue weighted by atomic mass is 16.5. The SMILES string of the molecule is Cc1nn(C)cc1NCc1ccc2c(c1)NC(=O)CO2. The van der Waals surface area contributed by atoms with E-state index in [1.54, 1.807) is 4.68 Å². The van der Waals surface area contributed by atoms with Gasteiger partial charge in [-0.05, 0) is 24.6 Å². The molecule has 0 unspecified atom stereocenters. The third kappa shape index (κ3) is 2.45. The molecule has 104 valence electrons. The van der Waals surface area contributed by atoms with Crippen molar-refractivity contribution in [2.45, 2.75) is 13.5 Å². The van der Waals surface area contributed by atoms with Gasteiger partial charge in [0.2, 0.25) is 0 Å². The number of anilines is 2. The number of fused-ring (bicyclic) bond motifs is 1. The van der Waals surface area contributed by atoms with Crippen molar-refractivity contribution in [1.82, 2.24) is 9.78 Å². The Bertz CT molecular complexity index is 663. The zero-order valence-electron chi connectivity index (χ0n) is 11.4. The first-order valence-electron chi connectivity index (χ1n) is 6.41. The number of aryl methyl sites for hydroxylation is 2. The van der Waals surface area contributed by atoms with Gasteiger partial charge in [0.1, 0.15) is 5.75 Å². The highest BCUT2D eigenvalue weighted by molar-refractivity contribution is 5.95. The zero-order valence-corrected chi connectivity index (χ0v) is 11.4. The second-order valence-electron chi connectivity index (χ2n) is 4.82. The molecule has 0 aliphatic carbocycles. The van der Waals surface area contributed by atoms with Crippen LogP contribution in [0.4, 0.5) is 11.4 Å². The molecule has 0 fully saturated rings. The fourth-order valence-electron chi connectivity index (χ4n) is 2.21. The number of nitrogens with zero attached hydrogens (tertiary/aromatic N) is 2. The van der Waals surface area contributed by atoms with E-state index in [9.17, 15) is 4.79 Å². The summed E-state index contributed by atoms with van der Waals surface area (Å²) in [5.41, 5.74) is 3.76. The fourth-order valence-corrected chi connectivity index (χ4v) is 2.21. The first-order valence-corrected chi connectivity index (χ1v) is 6.41. The normalized spacial score (nSPS) is 13.4. The minimum absolute atomic E-state index is 0.0828. The van der Waals surface area contributed by atoms with Gasteiger partial charge in [0.05, 0.1) is 17.1 Å². The summed E-state index contributed by atoms with van der Waals surface area (Å²) < 4.78 is 7.11. The predicted molar refractivity (Wildman–Crippen MR) is 75.8 cm³/mol. The van der Waals surface area contributed by atoms with Crippen molar-refractivity contribution < 1.29 is 9.53 Å². The number of amides is 1. The van der Waals surface area contributed by atoms with Gasteiger partial charge in [0.25, 0.3) is 5.91 Å². The average molecular weight is 272 g/mol. The van der Waals surface area contributed by atoms with Crippen LogP contribution in [0.3, 0.4) is 0 Å². The molecule has 0 saturated carbocycles. The molecule has 1 aliphatic heterocycles. The molecule has 2 heterocycles. The molecule has 0 spiro atoms. The van der Waals surface area contributed by atoms with Crippen LogP contribution in [0.25, 0.3) is 0 Å². The number of rotatable bonds is 3. The first kappa shape index (κ1) is 12.5. The highest BCUT2D eigenvalue weighted by Gasteiger charge is 2.15. The molecule has 1 aliphatic rings. The van der Waals surface area contributed by atoms with Crippen molar-refractivity contribution in [3.63, 3.8) is 0 Å². The summed E-state index contributed by atoms with van der Waals surface area (Å²) in [4.78, 5) is 11.3. The largest absolute Gasteiger partial charge is 0.482 e. The van der Waals surface area contributed by atoms with Crippen molar-refractivity contribution >= 4 is 17.3 Å². The lowest BCUT2D eigenvalue weighted by molar-refractivity contribution is -0.118. The van der Waals surface area contributed by atoms with Gasteiger partial charge in [-0.25, -0.2) is 0 Å². The molecule has 0 radical (unpaired) electrons. The number of ether oxygens (including phenoxy) is 1. The van der Waals surface area contributed by atoms with E-state index < -0.39 is 0 Å². The van der Waals surface area contributed by atoms with E-state index in [4.69, 9.17) is 4.74 Å². The van der Waals surface area contributed by atoms with E-state index >= 15 is 0 Å². The lowest BCUT2D eigenvalue weighted by Gasteiger charge is -2.18. The van der Waals surface area contributed by atoms with Crippen molar-refractivity contribution in [3.8, 4) is 5.75 Å². The number of hydrogen-bond donors (Lipinski definition) is 2. The van der Waals surface area contributed by atoms with Crippen LogP contribution in [0.5, 0.6) is 5.75 Å². The molecule has 6 heteroatoms. The number of aromatic nitrogens is 2. The van der Waals surface area contributed by atoms with Gasteiger partial charge in [-0.2, -0.15) is 5.10 Å². The number of hydrogen-bond acceptors (Lipinski definition) is 4. The molecule has 0 atom stereocenters. The predicted octanol–water partition coefficient (Wildman–Crippen LogP) is 1.67. The monoisotopic (exact) mass is 272 g/mol. The van der Waals surface area contributed by atoms with Gasteiger partial charge < -0.3 is 15.4 Å². The maximum absolute atomic E-state index is 11.3. The molecule has 1 aromatic heterocycles. The second-order valence-corrected chi connectivity index (χ2v) is 4.82. The highest BCUT2D eigenvalue weighted by Crippen LogP contribution is 2.28. The Morgan fingerprint density at radius 2 is 2.35 bits per heavy atom. The lowest BCUT2D eigenvalue weighted by atomic mass is 10.1. The van der Waals surface area contributed by atoms with Crippen LogP contribution >= 0.6 is 0 Å². The molecule has 2 aromatic rings. The Morgan fingerprint density at radius 1 is 1.50 bits per heavy atom. The standard InChI is InChI=1S/C14H16N4O2/c1-9-12(7-18(2)17-9)15-6-10-3-4-13-11(5-10)16-14(19)8-20-13/h3-5,7,15H,6,8H2,1-2H3,(H,16,19). The Kier molecular flexibility index (Phi) is 3.06. The summed E-state index contributed by atoms with van der Waals surface area (Å²) >= 11 is 0. The number of benzene rings is 1. The molecule has 0 bridgehead atoms. The molecule has 0 saturated heterocycles. The summed E-state index contributed by atoms with van der Waals surface area (Å²) in [7, 11) is 1.89. The van der Waals surface area contributed by atoms with Gasteiger partial charge >= 0.3 is 0 Å². The Hall–Kier alpha value is -2.50. The van der Waals surface area contributed by atoms with Crippen LogP contribution in [0, 0.1) is 6.92 Å². The molecule has 2 N–H and O–H groups in total. The smallest absolute Gasteiger partial charge is 0.262 e. The van der Waals surface area contributed by atoms with E-state index in [1.165, 1.54) is 0 Å². The molecule has 20 heavy (non-hydrogen) atoms. The summed E-state index contributed by atoms with van der Waals surface area (Å²) in [5.74, 6) is 0.594. The van der Waals surface area contributed by atoms with Crippen LogP contribution in [-0.2, 0) is 18.4 Å². The van der Waals surface area contributed by atoms with Gasteiger partial charge in [-0.1, -0.05) is 6.07 Å². The van der Waals surface area contributed by atoms with E-state index in [1.807, 2.05) is 38.4 Å². The summed E-state index contributed by atoms with van der Waals surface area (Å²) in [6, 6.07) is 5.78. The van der Waals surface area contributed by atoms with Crippen molar-refractivity contribution in [2.75, 3.05) is 17.2 Å². The van der Waals surface area contributed by atoms with Crippen LogP contribution in [-0.4, -0.2) is 22.3 Å². The van der Waals surface area contributed by atoms with Crippen molar-refractivity contribution in [3.05, 3.63) is 35.7 Å². The number of carbonyl (C=O) groups excluding carboxylic acids is 1. The van der Waals surface area contributed by atoms with E-state index in [0.29, 0.717) is 12.3 Å². The maximum atomic E-state index is 11.3. The lowest BCUT2D eigenvalue weighted by Crippen LogP contribution is -2.25. The maximum Gasteiger partial charge on any atom is 0.262 e. The van der Waals surface area contributed by atoms with Crippen LogP contribution in [0.15, 0.2) is 24.4 Å². The molecular formula is C14H16N4O2. The van der Waals surface area contributed by atoms with Gasteiger partial charge in [0, 0.05) is 19.8 Å². The summed E-state index contributed by atoms with van der Waals surface area (Å²) in [5, 5.41) is 10.4. The van der Waals surface area contributed by atoms with E-state index in [0.717, 1.165) is 22.6 Å². The fraction of sp³-hybridized carbons (Fsp3) is 0.286. The topological polar surface area (TPSA) is 68.2 Å². The van der Waals surface area contributed by atoms with Crippen molar-refractivity contribution in [1.29, 1.82) is 0 Å². The summed E-state index contributed by atoms with van der Waals surface area (Å²) in [6.45, 7) is 2.71. The Balaban J connectivity index is 1.73. The van der Waals surface area contributed by atoms with Crippen LogP contribution < -0.4 is 15.4 Å². The minimum Gasteiger partial charge on any atom is -0.482 e. The van der Waals surface area contributed by atoms with Gasteiger partial charge in [-0.3, -0.25) is 9.48 Å². The first-order chi connectivity index (χ1) is 9.61. The summed E-state index contributed by atoms with van der Waals surface area (Å²) in [6.07, 6.45) is 1.94. The molecule has 1 amide bonds. The van der Waals surface area contributed by atoms with Crippen LogP contribution in [0.2, 0.25) is 0 Å².